The Morgan fingerprint density at radius 3 is 2.72 bits per heavy atom. The van der Waals surface area contributed by atoms with Crippen LogP contribution in [-0.2, 0) is 9.53 Å². The van der Waals surface area contributed by atoms with Crippen LogP contribution >= 0.6 is 0 Å². The zero-order chi connectivity index (χ0) is 17.7. The minimum Gasteiger partial charge on any atom is -0.373 e. The number of nitrogens with one attached hydrogen (secondary N) is 2. The van der Waals surface area contributed by atoms with Crippen LogP contribution in [0.4, 0.5) is 4.39 Å². The standard InChI is InChI=1S/C19H25FN2O3/c20-16-7-3-2-6-15(16)18(24)21-11-8-17(23)22-14-12-19(25-13-14)9-4-1-5-10-19/h2-3,6-7,14H,1,4-5,8-13H2,(H,21,24)(H,22,23). The average Bonchev–Trinajstić information content (AvgIpc) is 2.97. The van der Waals surface area contributed by atoms with Gasteiger partial charge in [-0.25, -0.2) is 4.39 Å². The highest BCUT2D eigenvalue weighted by Gasteiger charge is 2.41. The van der Waals surface area contributed by atoms with Crippen LogP contribution in [0.5, 0.6) is 0 Å². The summed E-state index contributed by atoms with van der Waals surface area (Å²) in [7, 11) is 0. The van der Waals surface area contributed by atoms with Gasteiger partial charge in [0, 0.05) is 13.0 Å². The van der Waals surface area contributed by atoms with Crippen molar-refractivity contribution in [2.75, 3.05) is 13.2 Å². The molecular formula is C19H25FN2O3. The molecule has 1 aromatic carbocycles. The van der Waals surface area contributed by atoms with Crippen LogP contribution in [0, 0.1) is 5.82 Å². The summed E-state index contributed by atoms with van der Waals surface area (Å²) in [5, 5.41) is 5.57. The van der Waals surface area contributed by atoms with Gasteiger partial charge in [-0.05, 0) is 31.4 Å². The van der Waals surface area contributed by atoms with E-state index in [0.29, 0.717) is 6.61 Å². The maximum atomic E-state index is 13.5. The quantitative estimate of drug-likeness (QED) is 0.859. The van der Waals surface area contributed by atoms with E-state index in [2.05, 4.69) is 10.6 Å². The van der Waals surface area contributed by atoms with Gasteiger partial charge in [-0.1, -0.05) is 31.4 Å². The van der Waals surface area contributed by atoms with Crippen molar-refractivity contribution >= 4 is 11.8 Å². The number of rotatable bonds is 5. The molecule has 25 heavy (non-hydrogen) atoms. The first-order valence-electron chi connectivity index (χ1n) is 9.04. The molecule has 1 aromatic rings. The zero-order valence-electron chi connectivity index (χ0n) is 14.4. The van der Waals surface area contributed by atoms with Crippen molar-refractivity contribution in [3.8, 4) is 0 Å². The third-order valence-corrected chi connectivity index (χ3v) is 5.10. The monoisotopic (exact) mass is 348 g/mol. The van der Waals surface area contributed by atoms with E-state index in [1.807, 2.05) is 0 Å². The summed E-state index contributed by atoms with van der Waals surface area (Å²) in [6.45, 7) is 0.741. The number of carbonyl (C=O) groups excluding carboxylic acids is 2. The minimum atomic E-state index is -0.565. The maximum absolute atomic E-state index is 13.5. The predicted octanol–water partition coefficient (Wildman–Crippen LogP) is 2.55. The molecule has 3 rings (SSSR count). The molecule has 1 saturated heterocycles. The number of halogens is 1. The molecule has 1 saturated carbocycles. The number of hydrogen-bond acceptors (Lipinski definition) is 3. The second-order valence-electron chi connectivity index (χ2n) is 7.01. The molecule has 2 amide bonds. The summed E-state index contributed by atoms with van der Waals surface area (Å²) in [6.07, 6.45) is 6.87. The van der Waals surface area contributed by atoms with Crippen LogP contribution in [0.15, 0.2) is 24.3 Å². The number of benzene rings is 1. The Balaban J connectivity index is 1.39. The third-order valence-electron chi connectivity index (χ3n) is 5.10. The molecule has 1 heterocycles. The van der Waals surface area contributed by atoms with Gasteiger partial charge in [0.1, 0.15) is 5.82 Å². The molecule has 2 aliphatic rings. The lowest BCUT2D eigenvalue weighted by Gasteiger charge is -2.32. The zero-order valence-corrected chi connectivity index (χ0v) is 14.4. The van der Waals surface area contributed by atoms with Gasteiger partial charge in [-0.2, -0.15) is 0 Å². The fraction of sp³-hybridized carbons (Fsp3) is 0.579. The minimum absolute atomic E-state index is 0.00802. The molecule has 5 nitrogen and oxygen atoms in total. The Hall–Kier alpha value is -1.95. The summed E-state index contributed by atoms with van der Waals surface area (Å²) in [6, 6.07) is 5.84. The van der Waals surface area contributed by atoms with E-state index in [4.69, 9.17) is 4.74 Å². The number of amides is 2. The average molecular weight is 348 g/mol. The molecule has 6 heteroatoms. The van der Waals surface area contributed by atoms with E-state index in [1.165, 1.54) is 37.5 Å². The summed E-state index contributed by atoms with van der Waals surface area (Å²) in [5.74, 6) is -1.18. The predicted molar refractivity (Wildman–Crippen MR) is 91.7 cm³/mol. The van der Waals surface area contributed by atoms with Gasteiger partial charge in [0.15, 0.2) is 0 Å². The fourth-order valence-electron chi connectivity index (χ4n) is 3.81. The van der Waals surface area contributed by atoms with E-state index in [0.717, 1.165) is 19.3 Å². The summed E-state index contributed by atoms with van der Waals surface area (Å²) >= 11 is 0. The van der Waals surface area contributed by atoms with Gasteiger partial charge in [-0.3, -0.25) is 9.59 Å². The largest absolute Gasteiger partial charge is 0.373 e. The van der Waals surface area contributed by atoms with Crippen molar-refractivity contribution in [2.45, 2.75) is 56.6 Å². The number of carbonyl (C=O) groups is 2. The molecular weight excluding hydrogens is 323 g/mol. The van der Waals surface area contributed by atoms with Crippen molar-refractivity contribution in [1.82, 2.24) is 10.6 Å². The van der Waals surface area contributed by atoms with Gasteiger partial charge in [-0.15, -0.1) is 0 Å². The van der Waals surface area contributed by atoms with E-state index in [-0.39, 0.29) is 36.1 Å². The highest BCUT2D eigenvalue weighted by atomic mass is 19.1. The van der Waals surface area contributed by atoms with Crippen LogP contribution < -0.4 is 10.6 Å². The molecule has 1 spiro atoms. The van der Waals surface area contributed by atoms with E-state index >= 15 is 0 Å². The normalized spacial score (nSPS) is 21.9. The third kappa shape index (κ3) is 4.57. The Morgan fingerprint density at radius 1 is 1.20 bits per heavy atom. The van der Waals surface area contributed by atoms with Crippen LogP contribution in [0.3, 0.4) is 0 Å². The molecule has 136 valence electrons. The first kappa shape index (κ1) is 17.9. The Bertz CT molecular complexity index is 629. The van der Waals surface area contributed by atoms with Gasteiger partial charge < -0.3 is 15.4 Å². The van der Waals surface area contributed by atoms with Crippen LogP contribution in [0.1, 0.15) is 55.3 Å². The molecule has 2 N–H and O–H groups in total. The van der Waals surface area contributed by atoms with Gasteiger partial charge in [0.25, 0.3) is 5.91 Å². The van der Waals surface area contributed by atoms with Crippen LogP contribution in [0.2, 0.25) is 0 Å². The summed E-state index contributed by atoms with van der Waals surface area (Å²) in [4.78, 5) is 24.0. The second-order valence-corrected chi connectivity index (χ2v) is 7.01. The van der Waals surface area contributed by atoms with Crippen molar-refractivity contribution in [3.05, 3.63) is 35.6 Å². The van der Waals surface area contributed by atoms with Crippen molar-refractivity contribution in [1.29, 1.82) is 0 Å². The van der Waals surface area contributed by atoms with Crippen molar-refractivity contribution < 1.29 is 18.7 Å². The van der Waals surface area contributed by atoms with Gasteiger partial charge in [0.05, 0.1) is 23.8 Å². The van der Waals surface area contributed by atoms with Gasteiger partial charge >= 0.3 is 0 Å². The second kappa shape index (κ2) is 7.95. The number of ether oxygens (including phenoxy) is 1. The fourth-order valence-corrected chi connectivity index (χ4v) is 3.81. The molecule has 1 aliphatic heterocycles. The Kier molecular flexibility index (Phi) is 5.68. The van der Waals surface area contributed by atoms with E-state index in [1.54, 1.807) is 6.07 Å². The number of hydrogen-bond donors (Lipinski definition) is 2. The van der Waals surface area contributed by atoms with Crippen LogP contribution in [0.25, 0.3) is 0 Å². The lowest BCUT2D eigenvalue weighted by Crippen LogP contribution is -2.39. The van der Waals surface area contributed by atoms with Crippen molar-refractivity contribution in [3.63, 3.8) is 0 Å². The molecule has 1 unspecified atom stereocenters. The van der Waals surface area contributed by atoms with E-state index < -0.39 is 11.7 Å². The van der Waals surface area contributed by atoms with E-state index in [9.17, 15) is 14.0 Å². The first-order chi connectivity index (χ1) is 12.1. The highest BCUT2D eigenvalue weighted by Crippen LogP contribution is 2.39. The lowest BCUT2D eigenvalue weighted by molar-refractivity contribution is -0.121. The Morgan fingerprint density at radius 2 is 1.96 bits per heavy atom. The molecule has 1 atom stereocenters. The molecule has 0 bridgehead atoms. The smallest absolute Gasteiger partial charge is 0.254 e. The SMILES string of the molecule is O=C(CCNC(=O)c1ccccc1F)NC1COC2(CCCCC2)C1. The lowest BCUT2D eigenvalue weighted by atomic mass is 9.82. The Labute approximate surface area is 147 Å². The summed E-state index contributed by atoms with van der Waals surface area (Å²) < 4.78 is 19.5. The summed E-state index contributed by atoms with van der Waals surface area (Å²) in [5.41, 5.74) is -0.0405. The molecule has 0 radical (unpaired) electrons. The maximum Gasteiger partial charge on any atom is 0.254 e. The first-order valence-corrected chi connectivity index (χ1v) is 9.04. The van der Waals surface area contributed by atoms with Crippen molar-refractivity contribution in [2.24, 2.45) is 0 Å². The molecule has 1 aliphatic carbocycles. The topological polar surface area (TPSA) is 67.4 Å². The van der Waals surface area contributed by atoms with Gasteiger partial charge in [0.2, 0.25) is 5.91 Å². The van der Waals surface area contributed by atoms with Crippen LogP contribution in [-0.4, -0.2) is 36.6 Å². The molecule has 0 aromatic heterocycles. The molecule has 2 fully saturated rings. The highest BCUT2D eigenvalue weighted by molar-refractivity contribution is 5.94.